The molecule has 1 amide bonds. The molecule has 0 saturated heterocycles. The number of benzene rings is 3. The number of aromatic nitrogens is 2. The summed E-state index contributed by atoms with van der Waals surface area (Å²) in [6.07, 6.45) is 0. The maximum Gasteiger partial charge on any atom is 0.252 e. The molecule has 4 rings (SSSR count). The Morgan fingerprint density at radius 3 is 2.38 bits per heavy atom. The van der Waals surface area contributed by atoms with E-state index in [2.05, 4.69) is 27.6 Å². The third-order valence-corrected chi connectivity index (χ3v) is 5.41. The molecule has 5 nitrogen and oxygen atoms in total. The van der Waals surface area contributed by atoms with Crippen LogP contribution < -0.4 is 5.32 Å². The second-order valence-electron chi connectivity index (χ2n) is 6.33. The lowest BCUT2D eigenvalue weighted by molar-refractivity contribution is 0.0943. The molecule has 29 heavy (non-hydrogen) atoms. The molecule has 3 aromatic carbocycles. The van der Waals surface area contributed by atoms with Gasteiger partial charge >= 0.3 is 0 Å². The minimum atomic E-state index is -0.166. The van der Waals surface area contributed by atoms with Crippen LogP contribution in [0.3, 0.4) is 0 Å². The largest absolute Gasteiger partial charge is 0.343 e. The fraction of sp³-hybridized carbons (Fsp3) is 0.0870. The van der Waals surface area contributed by atoms with Gasteiger partial charge in [0.05, 0.1) is 12.1 Å². The molecule has 0 aliphatic carbocycles. The Kier molecular flexibility index (Phi) is 6.02. The van der Waals surface area contributed by atoms with Crippen LogP contribution in [-0.4, -0.2) is 16.0 Å². The number of rotatable bonds is 7. The molecule has 0 unspecified atom stereocenters. The highest BCUT2D eigenvalue weighted by Crippen LogP contribution is 2.26. The number of nitrogens with one attached hydrogen (secondary N) is 1. The molecule has 1 N–H and O–H groups in total. The summed E-state index contributed by atoms with van der Waals surface area (Å²) in [5.74, 6) is 1.51. The van der Waals surface area contributed by atoms with Crippen molar-refractivity contribution in [1.29, 1.82) is 0 Å². The van der Waals surface area contributed by atoms with Gasteiger partial charge in [0.1, 0.15) is 0 Å². The van der Waals surface area contributed by atoms with Crippen LogP contribution in [0.1, 0.15) is 21.8 Å². The van der Waals surface area contributed by atoms with Gasteiger partial charge in [-0.1, -0.05) is 78.0 Å². The molecule has 1 aromatic heterocycles. The van der Waals surface area contributed by atoms with E-state index in [9.17, 15) is 4.79 Å². The monoisotopic (exact) mass is 401 g/mol. The molecule has 0 fully saturated rings. The Morgan fingerprint density at radius 2 is 1.59 bits per heavy atom. The lowest BCUT2D eigenvalue weighted by Gasteiger charge is -2.09. The van der Waals surface area contributed by atoms with Gasteiger partial charge in [-0.2, -0.15) is 4.98 Å². The number of carbonyl (C=O) groups is 1. The minimum absolute atomic E-state index is 0.166. The summed E-state index contributed by atoms with van der Waals surface area (Å²) in [6, 6.07) is 27.4. The predicted octanol–water partition coefficient (Wildman–Crippen LogP) is 4.96. The third-order valence-electron chi connectivity index (χ3n) is 4.27. The van der Waals surface area contributed by atoms with Crippen LogP contribution in [0.2, 0.25) is 0 Å². The van der Waals surface area contributed by atoms with Crippen LogP contribution in [0.25, 0.3) is 11.4 Å². The average Bonchev–Trinajstić information content (AvgIpc) is 3.27. The zero-order valence-corrected chi connectivity index (χ0v) is 16.4. The van der Waals surface area contributed by atoms with E-state index >= 15 is 0 Å². The average molecular weight is 401 g/mol. The first kappa shape index (κ1) is 19.0. The molecular weight excluding hydrogens is 382 g/mol. The van der Waals surface area contributed by atoms with E-state index in [1.165, 1.54) is 5.56 Å². The maximum atomic E-state index is 12.7. The Balaban J connectivity index is 1.39. The molecule has 144 valence electrons. The van der Waals surface area contributed by atoms with Crippen molar-refractivity contribution in [2.45, 2.75) is 17.2 Å². The summed E-state index contributed by atoms with van der Waals surface area (Å²) in [7, 11) is 0. The van der Waals surface area contributed by atoms with Crippen molar-refractivity contribution in [3.05, 3.63) is 102 Å². The number of nitrogens with zero attached hydrogens (tertiary/aromatic N) is 2. The molecule has 0 aliphatic rings. The molecule has 0 aliphatic heterocycles. The van der Waals surface area contributed by atoms with Crippen LogP contribution >= 0.6 is 11.8 Å². The standard InChI is InChI=1S/C23H19N3O2S/c27-23(24-15-21-25-22(26-28-21)18-11-5-2-6-12-18)19-13-7-8-14-20(19)29-16-17-9-3-1-4-10-17/h1-14H,15-16H2,(H,24,27). The highest BCUT2D eigenvalue weighted by Gasteiger charge is 2.14. The van der Waals surface area contributed by atoms with Gasteiger partial charge in [0.25, 0.3) is 5.91 Å². The van der Waals surface area contributed by atoms with Crippen LogP contribution in [0, 0.1) is 0 Å². The smallest absolute Gasteiger partial charge is 0.252 e. The summed E-state index contributed by atoms with van der Waals surface area (Å²) in [5, 5.41) is 6.85. The van der Waals surface area contributed by atoms with Crippen LogP contribution in [-0.2, 0) is 12.3 Å². The second-order valence-corrected chi connectivity index (χ2v) is 7.35. The van der Waals surface area contributed by atoms with Gasteiger partial charge in [-0.15, -0.1) is 11.8 Å². The molecule has 0 spiro atoms. The van der Waals surface area contributed by atoms with Crippen molar-refractivity contribution in [3.63, 3.8) is 0 Å². The van der Waals surface area contributed by atoms with Crippen LogP contribution in [0.5, 0.6) is 0 Å². The number of hydrogen-bond donors (Lipinski definition) is 1. The van der Waals surface area contributed by atoms with Crippen LogP contribution in [0.4, 0.5) is 0 Å². The van der Waals surface area contributed by atoms with E-state index in [1.807, 2.05) is 72.8 Å². The van der Waals surface area contributed by atoms with Crippen molar-refractivity contribution in [1.82, 2.24) is 15.5 Å². The summed E-state index contributed by atoms with van der Waals surface area (Å²) < 4.78 is 5.26. The Bertz CT molecular complexity index is 1080. The highest BCUT2D eigenvalue weighted by atomic mass is 32.2. The van der Waals surface area contributed by atoms with Crippen LogP contribution in [0.15, 0.2) is 94.3 Å². The zero-order valence-electron chi connectivity index (χ0n) is 15.6. The van der Waals surface area contributed by atoms with Crippen molar-refractivity contribution in [3.8, 4) is 11.4 Å². The first-order valence-corrected chi connectivity index (χ1v) is 10.2. The van der Waals surface area contributed by atoms with E-state index in [0.29, 0.717) is 17.3 Å². The second kappa shape index (κ2) is 9.21. The number of amides is 1. The first-order valence-electron chi connectivity index (χ1n) is 9.21. The lowest BCUT2D eigenvalue weighted by atomic mass is 10.2. The molecule has 0 atom stereocenters. The van der Waals surface area contributed by atoms with Gasteiger partial charge in [-0.25, -0.2) is 0 Å². The van der Waals surface area contributed by atoms with Gasteiger partial charge in [-0.3, -0.25) is 4.79 Å². The molecular formula is C23H19N3O2S. The van der Waals surface area contributed by atoms with Crippen molar-refractivity contribution < 1.29 is 9.32 Å². The highest BCUT2D eigenvalue weighted by molar-refractivity contribution is 7.98. The van der Waals surface area contributed by atoms with Gasteiger partial charge in [0, 0.05) is 16.2 Å². The quantitative estimate of drug-likeness (QED) is 0.443. The van der Waals surface area contributed by atoms with E-state index < -0.39 is 0 Å². The van der Waals surface area contributed by atoms with Gasteiger partial charge in [0.2, 0.25) is 11.7 Å². The predicted molar refractivity (Wildman–Crippen MR) is 113 cm³/mol. The fourth-order valence-corrected chi connectivity index (χ4v) is 3.80. The Hall–Kier alpha value is -3.38. The fourth-order valence-electron chi connectivity index (χ4n) is 2.80. The third kappa shape index (κ3) is 4.92. The summed E-state index contributed by atoms with van der Waals surface area (Å²) in [4.78, 5) is 18.0. The molecule has 0 radical (unpaired) electrons. The molecule has 1 heterocycles. The van der Waals surface area contributed by atoms with Crippen molar-refractivity contribution >= 4 is 17.7 Å². The molecule has 4 aromatic rings. The summed E-state index contributed by atoms with van der Waals surface area (Å²) in [5.41, 5.74) is 2.72. The SMILES string of the molecule is O=C(NCc1nc(-c2ccccc2)no1)c1ccccc1SCc1ccccc1. The lowest BCUT2D eigenvalue weighted by Crippen LogP contribution is -2.23. The molecule has 0 bridgehead atoms. The van der Waals surface area contributed by atoms with E-state index in [0.717, 1.165) is 16.2 Å². The maximum absolute atomic E-state index is 12.7. The summed E-state index contributed by atoms with van der Waals surface area (Å²) in [6.45, 7) is 0.177. The van der Waals surface area contributed by atoms with Gasteiger partial charge in [-0.05, 0) is 17.7 Å². The molecule has 0 saturated carbocycles. The Morgan fingerprint density at radius 1 is 0.897 bits per heavy atom. The Labute approximate surface area is 173 Å². The zero-order chi connectivity index (χ0) is 19.9. The van der Waals surface area contributed by atoms with Gasteiger partial charge in [0.15, 0.2) is 0 Å². The number of thioether (sulfide) groups is 1. The van der Waals surface area contributed by atoms with E-state index in [1.54, 1.807) is 11.8 Å². The van der Waals surface area contributed by atoms with E-state index in [-0.39, 0.29) is 12.5 Å². The van der Waals surface area contributed by atoms with Crippen molar-refractivity contribution in [2.24, 2.45) is 0 Å². The normalized spacial score (nSPS) is 10.6. The minimum Gasteiger partial charge on any atom is -0.343 e. The number of carbonyl (C=O) groups excluding carboxylic acids is 1. The number of hydrogen-bond acceptors (Lipinski definition) is 5. The summed E-state index contributed by atoms with van der Waals surface area (Å²) >= 11 is 1.64. The van der Waals surface area contributed by atoms with E-state index in [4.69, 9.17) is 4.52 Å². The molecule has 6 heteroatoms. The first-order chi connectivity index (χ1) is 14.3. The van der Waals surface area contributed by atoms with Gasteiger partial charge < -0.3 is 9.84 Å². The topological polar surface area (TPSA) is 68.0 Å². The van der Waals surface area contributed by atoms with Crippen molar-refractivity contribution in [2.75, 3.05) is 0 Å².